The van der Waals surface area contributed by atoms with E-state index in [1.807, 2.05) is 43.8 Å². The molecule has 1 aromatic heterocycles. The molecule has 0 spiro atoms. The number of halogens is 2. The van der Waals surface area contributed by atoms with Crippen molar-refractivity contribution >= 4 is 27.5 Å². The Morgan fingerprint density at radius 3 is 2.67 bits per heavy atom. The first kappa shape index (κ1) is 13.4. The lowest BCUT2D eigenvalue weighted by Crippen LogP contribution is -1.94. The van der Waals surface area contributed by atoms with E-state index in [1.54, 1.807) is 0 Å². The van der Waals surface area contributed by atoms with Crippen LogP contribution in [-0.2, 0) is 12.9 Å². The number of ether oxygens (including phenoxy) is 1. The van der Waals surface area contributed by atoms with E-state index in [4.69, 9.17) is 16.3 Å². The maximum Gasteiger partial charge on any atom is 0.171 e. The van der Waals surface area contributed by atoms with Gasteiger partial charge in [-0.05, 0) is 26.0 Å². The largest absolute Gasteiger partial charge is 0.453 e. The van der Waals surface area contributed by atoms with Crippen LogP contribution in [0.4, 0.5) is 0 Å². The Labute approximate surface area is 120 Å². The minimum Gasteiger partial charge on any atom is -0.453 e. The number of hydrogen-bond acceptors (Lipinski definition) is 2. The van der Waals surface area contributed by atoms with Crippen LogP contribution in [0.2, 0.25) is 0 Å². The number of benzene rings is 1. The quantitative estimate of drug-likeness (QED) is 0.784. The van der Waals surface area contributed by atoms with Crippen molar-refractivity contribution in [3.63, 3.8) is 0 Å². The third-order valence-electron chi connectivity index (χ3n) is 2.83. The van der Waals surface area contributed by atoms with E-state index in [0.717, 1.165) is 32.9 Å². The molecular weight excluding hydrogens is 316 g/mol. The highest BCUT2D eigenvalue weighted by Gasteiger charge is 2.13. The van der Waals surface area contributed by atoms with Crippen molar-refractivity contribution < 1.29 is 4.74 Å². The summed E-state index contributed by atoms with van der Waals surface area (Å²) in [5.41, 5.74) is 2.83. The van der Waals surface area contributed by atoms with Crippen molar-refractivity contribution in [2.45, 2.75) is 19.7 Å². The summed E-state index contributed by atoms with van der Waals surface area (Å²) in [6.45, 7) is 3.91. The fraction of sp³-hybridized carbons (Fsp3) is 0.308. The van der Waals surface area contributed by atoms with Crippen molar-refractivity contribution in [1.82, 2.24) is 9.78 Å². The molecule has 0 unspecified atom stereocenters. The first-order chi connectivity index (χ1) is 8.52. The second-order valence-electron chi connectivity index (χ2n) is 4.11. The van der Waals surface area contributed by atoms with Crippen LogP contribution in [0.15, 0.2) is 22.7 Å². The molecule has 0 aliphatic heterocycles. The monoisotopic (exact) mass is 328 g/mol. The van der Waals surface area contributed by atoms with E-state index in [1.165, 1.54) is 0 Å². The van der Waals surface area contributed by atoms with Gasteiger partial charge in [-0.15, -0.1) is 11.6 Å². The SMILES string of the molecule is Cc1nn(C)c(C)c1Oc1cc(Br)ccc1CCl. The van der Waals surface area contributed by atoms with Crippen LogP contribution >= 0.6 is 27.5 Å². The van der Waals surface area contributed by atoms with Crippen LogP contribution in [0.1, 0.15) is 17.0 Å². The van der Waals surface area contributed by atoms with Gasteiger partial charge in [-0.1, -0.05) is 22.0 Å². The van der Waals surface area contributed by atoms with Gasteiger partial charge in [0.25, 0.3) is 0 Å². The summed E-state index contributed by atoms with van der Waals surface area (Å²) in [5.74, 6) is 1.97. The van der Waals surface area contributed by atoms with E-state index in [2.05, 4.69) is 21.0 Å². The number of aryl methyl sites for hydroxylation is 2. The van der Waals surface area contributed by atoms with Crippen LogP contribution in [0.25, 0.3) is 0 Å². The molecule has 0 saturated carbocycles. The molecule has 0 saturated heterocycles. The molecule has 2 rings (SSSR count). The van der Waals surface area contributed by atoms with Crippen molar-refractivity contribution in [2.75, 3.05) is 0 Å². The lowest BCUT2D eigenvalue weighted by Gasteiger charge is -2.10. The fourth-order valence-corrected chi connectivity index (χ4v) is 2.31. The lowest BCUT2D eigenvalue weighted by atomic mass is 10.2. The topological polar surface area (TPSA) is 27.1 Å². The molecule has 0 atom stereocenters. The molecule has 0 bridgehead atoms. The average molecular weight is 330 g/mol. The summed E-state index contributed by atoms with van der Waals surface area (Å²) in [6, 6.07) is 5.82. The van der Waals surface area contributed by atoms with Gasteiger partial charge >= 0.3 is 0 Å². The van der Waals surface area contributed by atoms with Crippen LogP contribution in [-0.4, -0.2) is 9.78 Å². The summed E-state index contributed by atoms with van der Waals surface area (Å²) >= 11 is 9.36. The molecule has 1 aromatic carbocycles. The average Bonchev–Trinajstić information content (AvgIpc) is 2.56. The molecule has 2 aromatic rings. The molecule has 0 amide bonds. The summed E-state index contributed by atoms with van der Waals surface area (Å²) in [7, 11) is 1.90. The standard InChI is InChI=1S/C13H14BrClN2O/c1-8-13(9(2)17(3)16-8)18-12-6-11(14)5-4-10(12)7-15/h4-6H,7H2,1-3H3. The normalized spacial score (nSPS) is 10.7. The maximum absolute atomic E-state index is 5.97. The third kappa shape index (κ3) is 2.54. The summed E-state index contributed by atoms with van der Waals surface area (Å²) in [6.07, 6.45) is 0. The maximum atomic E-state index is 5.97. The minimum absolute atomic E-state index is 0.418. The zero-order valence-corrected chi connectivity index (χ0v) is 12.8. The molecule has 1 heterocycles. The highest BCUT2D eigenvalue weighted by Crippen LogP contribution is 2.32. The third-order valence-corrected chi connectivity index (χ3v) is 3.61. The van der Waals surface area contributed by atoms with Crippen LogP contribution in [0, 0.1) is 13.8 Å². The zero-order valence-electron chi connectivity index (χ0n) is 10.5. The Morgan fingerprint density at radius 1 is 1.39 bits per heavy atom. The minimum atomic E-state index is 0.418. The van der Waals surface area contributed by atoms with Gasteiger partial charge in [-0.2, -0.15) is 5.10 Å². The molecule has 0 fully saturated rings. The highest BCUT2D eigenvalue weighted by molar-refractivity contribution is 9.10. The van der Waals surface area contributed by atoms with Crippen molar-refractivity contribution in [3.05, 3.63) is 39.6 Å². The van der Waals surface area contributed by atoms with Gasteiger partial charge in [0.1, 0.15) is 11.4 Å². The zero-order chi connectivity index (χ0) is 13.3. The second kappa shape index (κ2) is 5.33. The molecule has 0 radical (unpaired) electrons. The Bertz CT molecular complexity index is 581. The van der Waals surface area contributed by atoms with E-state index in [-0.39, 0.29) is 0 Å². The first-order valence-corrected chi connectivity index (χ1v) is 6.88. The molecule has 18 heavy (non-hydrogen) atoms. The first-order valence-electron chi connectivity index (χ1n) is 5.55. The van der Waals surface area contributed by atoms with E-state index >= 15 is 0 Å². The predicted molar refractivity (Wildman–Crippen MR) is 76.5 cm³/mol. The Balaban J connectivity index is 2.42. The molecule has 5 heteroatoms. The fourth-order valence-electron chi connectivity index (χ4n) is 1.75. The van der Waals surface area contributed by atoms with Crippen molar-refractivity contribution in [1.29, 1.82) is 0 Å². The number of hydrogen-bond donors (Lipinski definition) is 0. The van der Waals surface area contributed by atoms with E-state index in [9.17, 15) is 0 Å². The van der Waals surface area contributed by atoms with Gasteiger partial charge in [0, 0.05) is 17.1 Å². The van der Waals surface area contributed by atoms with Crippen LogP contribution in [0.3, 0.4) is 0 Å². The van der Waals surface area contributed by atoms with Crippen LogP contribution < -0.4 is 4.74 Å². The predicted octanol–water partition coefficient (Wildman–Crippen LogP) is 4.33. The van der Waals surface area contributed by atoms with Gasteiger partial charge in [0.2, 0.25) is 0 Å². The Hall–Kier alpha value is -1.000. The number of nitrogens with zero attached hydrogens (tertiary/aromatic N) is 2. The summed E-state index contributed by atoms with van der Waals surface area (Å²) in [5, 5.41) is 4.33. The van der Waals surface area contributed by atoms with Crippen LogP contribution in [0.5, 0.6) is 11.5 Å². The Kier molecular flexibility index (Phi) is 3.97. The second-order valence-corrected chi connectivity index (χ2v) is 5.29. The number of aromatic nitrogens is 2. The van der Waals surface area contributed by atoms with E-state index in [0.29, 0.717) is 5.88 Å². The molecule has 0 aliphatic rings. The molecule has 0 aliphatic carbocycles. The summed E-state index contributed by atoms with van der Waals surface area (Å²) in [4.78, 5) is 0. The number of alkyl halides is 1. The van der Waals surface area contributed by atoms with Gasteiger partial charge < -0.3 is 4.74 Å². The van der Waals surface area contributed by atoms with E-state index < -0.39 is 0 Å². The highest BCUT2D eigenvalue weighted by atomic mass is 79.9. The van der Waals surface area contributed by atoms with Gasteiger partial charge in [-0.3, -0.25) is 4.68 Å². The lowest BCUT2D eigenvalue weighted by molar-refractivity contribution is 0.469. The van der Waals surface area contributed by atoms with Crippen molar-refractivity contribution in [2.24, 2.45) is 7.05 Å². The van der Waals surface area contributed by atoms with Gasteiger partial charge in [-0.25, -0.2) is 0 Å². The molecular formula is C13H14BrClN2O. The number of rotatable bonds is 3. The smallest absolute Gasteiger partial charge is 0.171 e. The van der Waals surface area contributed by atoms with Crippen molar-refractivity contribution in [3.8, 4) is 11.5 Å². The molecule has 3 nitrogen and oxygen atoms in total. The molecule has 96 valence electrons. The molecule has 0 N–H and O–H groups in total. The Morgan fingerprint density at radius 2 is 2.11 bits per heavy atom. The van der Waals surface area contributed by atoms with Gasteiger partial charge in [0.05, 0.1) is 11.6 Å². The summed E-state index contributed by atoms with van der Waals surface area (Å²) < 4.78 is 8.74. The van der Waals surface area contributed by atoms with Gasteiger partial charge in [0.15, 0.2) is 5.75 Å².